The fourth-order valence-corrected chi connectivity index (χ4v) is 10.1. The lowest BCUT2D eigenvalue weighted by Crippen LogP contribution is -2.51. The summed E-state index contributed by atoms with van der Waals surface area (Å²) in [5, 5.41) is 2.84. The van der Waals surface area contributed by atoms with Crippen LogP contribution in [0.1, 0.15) is 126 Å². The number of nitrogens with one attached hydrogen (secondary N) is 1. The summed E-state index contributed by atoms with van der Waals surface area (Å²) in [5.74, 6) is 4.68. The quantitative estimate of drug-likeness (QED) is 0.190. The summed E-state index contributed by atoms with van der Waals surface area (Å²) in [7, 11) is 1.49. The number of ether oxygens (including phenoxy) is 2. The van der Waals surface area contributed by atoms with E-state index in [0.717, 1.165) is 54.8 Å². The molecule has 0 heterocycles. The molecule has 1 N–H and O–H groups in total. The minimum Gasteiger partial charge on any atom is -0.461 e. The van der Waals surface area contributed by atoms with Crippen molar-refractivity contribution in [1.29, 1.82) is 0 Å². The summed E-state index contributed by atoms with van der Waals surface area (Å²) < 4.78 is 11.1. The highest BCUT2D eigenvalue weighted by Crippen LogP contribution is 2.67. The predicted octanol–water partition coefficient (Wildman–Crippen LogP) is 8.12. The number of allylic oxidation sites excluding steroid dienone is 1. The number of hydrogen-bond acceptors (Lipinski definition) is 4. The Morgan fingerprint density at radius 2 is 1.73 bits per heavy atom. The van der Waals surface area contributed by atoms with Crippen LogP contribution in [-0.4, -0.2) is 37.7 Å². The summed E-state index contributed by atoms with van der Waals surface area (Å²) in [4.78, 5) is 25.4. The Morgan fingerprint density at radius 1 is 0.976 bits per heavy atom. The van der Waals surface area contributed by atoms with Gasteiger partial charge in [-0.1, -0.05) is 79.4 Å². The summed E-state index contributed by atoms with van der Waals surface area (Å²) in [6.45, 7) is 16.6. The lowest BCUT2D eigenvalue weighted by Gasteiger charge is -2.58. The van der Waals surface area contributed by atoms with Gasteiger partial charge in [-0.05, 0) is 104 Å². The maximum atomic E-state index is 13.2. The van der Waals surface area contributed by atoms with Crippen molar-refractivity contribution in [2.24, 2.45) is 52.3 Å². The molecule has 234 valence electrons. The minimum absolute atomic E-state index is 0.0447. The van der Waals surface area contributed by atoms with Gasteiger partial charge in [0.05, 0.1) is 0 Å². The molecule has 41 heavy (non-hydrogen) atoms. The second-order valence-corrected chi connectivity index (χ2v) is 15.8. The third-order valence-electron chi connectivity index (χ3n) is 12.1. The highest BCUT2D eigenvalue weighted by atomic mass is 16.5. The number of amides is 1. The van der Waals surface area contributed by atoms with Crippen LogP contribution in [0.25, 0.3) is 0 Å². The molecule has 0 radical (unpaired) electrons. The van der Waals surface area contributed by atoms with Crippen molar-refractivity contribution in [2.75, 3.05) is 13.7 Å². The Kier molecular flexibility index (Phi) is 10.7. The molecular weight excluding hydrogens is 510 g/mol. The molecule has 0 bridgehead atoms. The highest BCUT2D eigenvalue weighted by molar-refractivity contribution is 5.85. The molecule has 4 aliphatic carbocycles. The van der Waals surface area contributed by atoms with Crippen molar-refractivity contribution in [3.63, 3.8) is 0 Å². The van der Waals surface area contributed by atoms with Gasteiger partial charge in [0.2, 0.25) is 5.91 Å². The molecule has 3 saturated carbocycles. The average molecular weight is 572 g/mol. The van der Waals surface area contributed by atoms with Crippen molar-refractivity contribution in [1.82, 2.24) is 5.32 Å². The fraction of sp³-hybridized carbons (Fsp3) is 0.889. The van der Waals surface area contributed by atoms with Crippen LogP contribution in [0.3, 0.4) is 0 Å². The normalized spacial score (nSPS) is 36.1. The van der Waals surface area contributed by atoms with E-state index in [2.05, 4.69) is 59.9 Å². The van der Waals surface area contributed by atoms with Crippen LogP contribution in [0.5, 0.6) is 0 Å². The topological polar surface area (TPSA) is 64.6 Å². The largest absolute Gasteiger partial charge is 0.461 e. The van der Waals surface area contributed by atoms with E-state index < -0.39 is 6.04 Å². The molecule has 3 fully saturated rings. The van der Waals surface area contributed by atoms with E-state index in [9.17, 15) is 9.59 Å². The van der Waals surface area contributed by atoms with Gasteiger partial charge >= 0.3 is 5.97 Å². The van der Waals surface area contributed by atoms with Crippen molar-refractivity contribution in [2.45, 2.75) is 138 Å². The first-order chi connectivity index (χ1) is 19.4. The Labute approximate surface area is 251 Å². The van der Waals surface area contributed by atoms with Crippen LogP contribution >= 0.6 is 0 Å². The van der Waals surface area contributed by atoms with Crippen molar-refractivity contribution < 1.29 is 19.1 Å². The molecule has 9 atom stereocenters. The predicted molar refractivity (Wildman–Crippen MR) is 166 cm³/mol. The van der Waals surface area contributed by atoms with Crippen molar-refractivity contribution in [3.8, 4) is 0 Å². The van der Waals surface area contributed by atoms with E-state index in [1.807, 2.05) is 0 Å². The van der Waals surface area contributed by atoms with E-state index in [4.69, 9.17) is 9.47 Å². The van der Waals surface area contributed by atoms with E-state index in [0.29, 0.717) is 11.8 Å². The number of fused-ring (bicyclic) bond motifs is 5. The first kappa shape index (κ1) is 32.6. The van der Waals surface area contributed by atoms with Gasteiger partial charge in [0.1, 0.15) is 18.8 Å². The van der Waals surface area contributed by atoms with Gasteiger partial charge in [-0.25, -0.2) is 4.79 Å². The van der Waals surface area contributed by atoms with Crippen LogP contribution in [0.15, 0.2) is 11.6 Å². The smallest absolute Gasteiger partial charge is 0.328 e. The van der Waals surface area contributed by atoms with Gasteiger partial charge in [0.25, 0.3) is 0 Å². The third-order valence-corrected chi connectivity index (χ3v) is 12.1. The number of hydrogen-bond donors (Lipinski definition) is 1. The first-order valence-corrected chi connectivity index (χ1v) is 17.1. The fourth-order valence-electron chi connectivity index (χ4n) is 10.1. The minimum atomic E-state index is -0.616. The second-order valence-electron chi connectivity index (χ2n) is 15.8. The molecule has 4 rings (SSSR count). The van der Waals surface area contributed by atoms with Crippen LogP contribution in [0.2, 0.25) is 0 Å². The number of carbonyl (C=O) groups excluding carboxylic acids is 2. The Bertz CT molecular complexity index is 942. The van der Waals surface area contributed by atoms with Gasteiger partial charge in [0.15, 0.2) is 0 Å². The number of methoxy groups -OCH3 is 1. The molecule has 0 aliphatic heterocycles. The summed E-state index contributed by atoms with van der Waals surface area (Å²) in [6.07, 6.45) is 16.9. The molecule has 1 amide bonds. The molecule has 4 aliphatic rings. The lowest BCUT2D eigenvalue weighted by molar-refractivity contribution is -0.156. The maximum absolute atomic E-state index is 13.2. The van der Waals surface area contributed by atoms with Crippen molar-refractivity contribution in [3.05, 3.63) is 11.6 Å². The van der Waals surface area contributed by atoms with Gasteiger partial charge in [0, 0.05) is 13.5 Å². The molecule has 5 nitrogen and oxygen atoms in total. The summed E-state index contributed by atoms with van der Waals surface area (Å²) in [5.41, 5.74) is 2.27. The van der Waals surface area contributed by atoms with Gasteiger partial charge < -0.3 is 14.8 Å². The maximum Gasteiger partial charge on any atom is 0.328 e. The third kappa shape index (κ3) is 7.07. The molecule has 2 unspecified atom stereocenters. The van der Waals surface area contributed by atoms with Gasteiger partial charge in [-0.3, -0.25) is 4.79 Å². The average Bonchev–Trinajstić information content (AvgIpc) is 3.25. The molecule has 0 spiro atoms. The zero-order valence-electron chi connectivity index (χ0n) is 27.6. The molecule has 5 heteroatoms. The Morgan fingerprint density at radius 3 is 2.41 bits per heavy atom. The standard InChI is InChI=1S/C36H61NO4/c1-23(2)10-9-11-25(5)29-14-15-30-28-13-12-26-21-27(16-18-35(26,6)31(28)17-19-36(29,30)7)41-34(39)32(20-24(3)4)37-33(38)22-40-8/h12,23-25,27-32H,9-11,13-22H2,1-8H3,(H,37,38)/t25-,27+,28+,29?,30+,31+,32?,35+,36-/m0/s1. The second kappa shape index (κ2) is 13.5. The zero-order chi connectivity index (χ0) is 29.9. The highest BCUT2D eigenvalue weighted by Gasteiger charge is 2.59. The van der Waals surface area contributed by atoms with Crippen LogP contribution in [-0.2, 0) is 19.1 Å². The van der Waals surface area contributed by atoms with Gasteiger partial charge in [-0.15, -0.1) is 0 Å². The molecule has 0 saturated heterocycles. The van der Waals surface area contributed by atoms with E-state index in [-0.39, 0.29) is 35.9 Å². The van der Waals surface area contributed by atoms with Crippen molar-refractivity contribution >= 4 is 11.9 Å². The molecular formula is C36H61NO4. The first-order valence-electron chi connectivity index (χ1n) is 17.1. The Balaban J connectivity index is 1.40. The van der Waals surface area contributed by atoms with Gasteiger partial charge in [-0.2, -0.15) is 0 Å². The number of esters is 1. The lowest BCUT2D eigenvalue weighted by atomic mass is 9.47. The zero-order valence-corrected chi connectivity index (χ0v) is 27.6. The van der Waals surface area contributed by atoms with E-state index in [1.54, 1.807) is 0 Å². The molecule has 0 aromatic rings. The summed E-state index contributed by atoms with van der Waals surface area (Å²) >= 11 is 0. The Hall–Kier alpha value is -1.36. The van der Waals surface area contributed by atoms with Crippen LogP contribution in [0.4, 0.5) is 0 Å². The monoisotopic (exact) mass is 571 g/mol. The van der Waals surface area contributed by atoms with E-state index in [1.165, 1.54) is 64.0 Å². The van der Waals surface area contributed by atoms with Crippen LogP contribution in [0, 0.1) is 52.3 Å². The summed E-state index contributed by atoms with van der Waals surface area (Å²) in [6, 6.07) is -0.616. The molecule has 0 aromatic heterocycles. The number of rotatable bonds is 12. The SMILES string of the molecule is COCC(=O)NC(CC(C)C)C(=O)O[C@@H]1CC[C@]2(C)C(=CC[C@@H]3[C@H]4CCC([C@@H](C)CCCC(C)C)[C@]4(C)CC[C@H]32)C1. The number of carbonyl (C=O) groups is 2. The van der Waals surface area contributed by atoms with E-state index >= 15 is 0 Å². The van der Waals surface area contributed by atoms with Crippen LogP contribution < -0.4 is 5.32 Å². The molecule has 0 aromatic carbocycles.